The van der Waals surface area contributed by atoms with Crippen molar-refractivity contribution in [1.29, 1.82) is 0 Å². The van der Waals surface area contributed by atoms with Crippen molar-refractivity contribution < 1.29 is 14.3 Å². The average Bonchev–Trinajstić information content (AvgIpc) is 2.18. The summed E-state index contributed by atoms with van der Waals surface area (Å²) in [4.78, 5) is 22.6. The van der Waals surface area contributed by atoms with Crippen LogP contribution in [-0.2, 0) is 14.3 Å². The van der Waals surface area contributed by atoms with Crippen LogP contribution in [0.4, 0.5) is 0 Å². The molecule has 1 aliphatic carbocycles. The second-order valence-corrected chi connectivity index (χ2v) is 3.65. The van der Waals surface area contributed by atoms with Crippen molar-refractivity contribution in [3.05, 3.63) is 0 Å². The molecule has 1 aliphatic rings. The Morgan fingerprint density at radius 2 is 1.86 bits per heavy atom. The Kier molecular flexibility index (Phi) is 3.92. The van der Waals surface area contributed by atoms with Crippen molar-refractivity contribution in [3.63, 3.8) is 0 Å². The molecular weight excluding hydrogens is 182 g/mol. The molecule has 4 nitrogen and oxygen atoms in total. The fraction of sp³-hybridized carbons (Fsp3) is 0.800. The molecule has 0 aromatic heterocycles. The molecule has 1 fully saturated rings. The van der Waals surface area contributed by atoms with Crippen molar-refractivity contribution >= 4 is 11.9 Å². The van der Waals surface area contributed by atoms with Crippen molar-refractivity contribution in [2.75, 3.05) is 6.61 Å². The summed E-state index contributed by atoms with van der Waals surface area (Å²) in [6, 6.07) is 0. The van der Waals surface area contributed by atoms with E-state index in [0.29, 0.717) is 6.61 Å². The predicted octanol–water partition coefficient (Wildman–Crippen LogP) is 0.841. The maximum atomic E-state index is 11.5. The number of nitrogens with two attached hydrogens (primary N) is 1. The molecule has 0 spiro atoms. The lowest BCUT2D eigenvalue weighted by molar-refractivity contribution is -0.153. The van der Waals surface area contributed by atoms with Crippen LogP contribution in [0.2, 0.25) is 0 Å². The van der Waals surface area contributed by atoms with Crippen LogP contribution in [0.25, 0.3) is 0 Å². The van der Waals surface area contributed by atoms with Crippen molar-refractivity contribution in [2.24, 2.45) is 17.6 Å². The normalized spacial score (nSPS) is 26.9. The Morgan fingerprint density at radius 1 is 1.29 bits per heavy atom. The van der Waals surface area contributed by atoms with E-state index in [-0.39, 0.29) is 23.7 Å². The van der Waals surface area contributed by atoms with Gasteiger partial charge in [0.2, 0.25) is 5.91 Å². The summed E-state index contributed by atoms with van der Waals surface area (Å²) in [6.45, 7) is 2.13. The first-order chi connectivity index (χ1) is 6.66. The number of ether oxygens (including phenoxy) is 1. The summed E-state index contributed by atoms with van der Waals surface area (Å²) in [5.74, 6) is -1.26. The molecule has 4 heteroatoms. The van der Waals surface area contributed by atoms with Crippen molar-refractivity contribution in [2.45, 2.75) is 32.6 Å². The molecule has 0 aliphatic heterocycles. The van der Waals surface area contributed by atoms with Gasteiger partial charge in [0.25, 0.3) is 0 Å². The number of esters is 1. The molecule has 0 aromatic carbocycles. The number of primary amides is 1. The summed E-state index contributed by atoms with van der Waals surface area (Å²) in [5.41, 5.74) is 5.24. The first-order valence-electron chi connectivity index (χ1n) is 5.12. The van der Waals surface area contributed by atoms with E-state index in [4.69, 9.17) is 10.5 Å². The second-order valence-electron chi connectivity index (χ2n) is 3.65. The Balaban J connectivity index is 2.62. The summed E-state index contributed by atoms with van der Waals surface area (Å²) in [7, 11) is 0. The van der Waals surface area contributed by atoms with Gasteiger partial charge in [-0.15, -0.1) is 0 Å². The molecule has 2 N–H and O–H groups in total. The third-order valence-corrected chi connectivity index (χ3v) is 2.72. The first-order valence-corrected chi connectivity index (χ1v) is 5.12. The number of rotatable bonds is 3. The van der Waals surface area contributed by atoms with E-state index >= 15 is 0 Å². The molecular formula is C10H17NO3. The van der Waals surface area contributed by atoms with Crippen LogP contribution < -0.4 is 5.73 Å². The molecule has 2 unspecified atom stereocenters. The van der Waals surface area contributed by atoms with Gasteiger partial charge in [-0.05, 0) is 19.8 Å². The molecule has 1 saturated carbocycles. The maximum absolute atomic E-state index is 11.5. The van der Waals surface area contributed by atoms with E-state index in [9.17, 15) is 9.59 Å². The lowest BCUT2D eigenvalue weighted by atomic mass is 9.79. The zero-order valence-corrected chi connectivity index (χ0v) is 8.49. The minimum atomic E-state index is -0.372. The van der Waals surface area contributed by atoms with Crippen LogP contribution in [0.3, 0.4) is 0 Å². The van der Waals surface area contributed by atoms with Gasteiger partial charge in [0.05, 0.1) is 18.4 Å². The van der Waals surface area contributed by atoms with Gasteiger partial charge >= 0.3 is 5.97 Å². The highest BCUT2D eigenvalue weighted by atomic mass is 16.5. The van der Waals surface area contributed by atoms with Gasteiger partial charge < -0.3 is 10.5 Å². The van der Waals surface area contributed by atoms with Gasteiger partial charge in [-0.25, -0.2) is 0 Å². The van der Waals surface area contributed by atoms with Crippen molar-refractivity contribution in [3.8, 4) is 0 Å². The van der Waals surface area contributed by atoms with Crippen LogP contribution in [0.1, 0.15) is 32.6 Å². The largest absolute Gasteiger partial charge is 0.466 e. The highest BCUT2D eigenvalue weighted by Crippen LogP contribution is 2.30. The van der Waals surface area contributed by atoms with Gasteiger partial charge in [0.1, 0.15) is 0 Å². The lowest BCUT2D eigenvalue weighted by Gasteiger charge is -2.27. The van der Waals surface area contributed by atoms with Gasteiger partial charge in [-0.2, -0.15) is 0 Å². The highest BCUT2D eigenvalue weighted by molar-refractivity contribution is 5.84. The van der Waals surface area contributed by atoms with E-state index in [1.54, 1.807) is 6.92 Å². The molecule has 1 rings (SSSR count). The molecule has 0 saturated heterocycles. The molecule has 14 heavy (non-hydrogen) atoms. The van der Waals surface area contributed by atoms with Gasteiger partial charge in [0.15, 0.2) is 0 Å². The Morgan fingerprint density at radius 3 is 2.36 bits per heavy atom. The molecule has 0 radical (unpaired) electrons. The van der Waals surface area contributed by atoms with E-state index < -0.39 is 0 Å². The Labute approximate surface area is 83.8 Å². The summed E-state index contributed by atoms with van der Waals surface area (Å²) in [5, 5.41) is 0. The van der Waals surface area contributed by atoms with E-state index in [1.165, 1.54) is 0 Å². The van der Waals surface area contributed by atoms with E-state index in [0.717, 1.165) is 25.7 Å². The van der Waals surface area contributed by atoms with Crippen LogP contribution in [0, 0.1) is 11.8 Å². The highest BCUT2D eigenvalue weighted by Gasteiger charge is 2.35. The zero-order valence-electron chi connectivity index (χ0n) is 8.49. The van der Waals surface area contributed by atoms with Crippen LogP contribution >= 0.6 is 0 Å². The number of hydrogen-bond acceptors (Lipinski definition) is 3. The van der Waals surface area contributed by atoms with Gasteiger partial charge in [0, 0.05) is 0 Å². The van der Waals surface area contributed by atoms with E-state index in [1.807, 2.05) is 0 Å². The van der Waals surface area contributed by atoms with Gasteiger partial charge in [-0.3, -0.25) is 9.59 Å². The minimum Gasteiger partial charge on any atom is -0.466 e. The number of hydrogen-bond donors (Lipinski definition) is 1. The predicted molar refractivity (Wildman–Crippen MR) is 51.3 cm³/mol. The molecule has 2 atom stereocenters. The average molecular weight is 199 g/mol. The minimum absolute atomic E-state index is 0.268. The smallest absolute Gasteiger partial charge is 0.309 e. The summed E-state index contributed by atoms with van der Waals surface area (Å²) < 4.78 is 4.92. The monoisotopic (exact) mass is 199 g/mol. The van der Waals surface area contributed by atoms with E-state index in [2.05, 4.69) is 0 Å². The fourth-order valence-corrected chi connectivity index (χ4v) is 2.00. The fourth-order valence-electron chi connectivity index (χ4n) is 2.00. The quantitative estimate of drug-likeness (QED) is 0.685. The van der Waals surface area contributed by atoms with Gasteiger partial charge in [-0.1, -0.05) is 12.8 Å². The third-order valence-electron chi connectivity index (χ3n) is 2.72. The topological polar surface area (TPSA) is 69.4 Å². The molecule has 1 amide bonds. The number of amides is 1. The summed E-state index contributed by atoms with van der Waals surface area (Å²) >= 11 is 0. The zero-order chi connectivity index (χ0) is 10.6. The van der Waals surface area contributed by atoms with Crippen LogP contribution in [0.15, 0.2) is 0 Å². The summed E-state index contributed by atoms with van der Waals surface area (Å²) in [6.07, 6.45) is 3.40. The number of carbonyl (C=O) groups excluding carboxylic acids is 2. The van der Waals surface area contributed by atoms with Crippen LogP contribution in [-0.4, -0.2) is 18.5 Å². The molecule has 80 valence electrons. The maximum Gasteiger partial charge on any atom is 0.309 e. The Bertz CT molecular complexity index is 227. The first kappa shape index (κ1) is 11.0. The SMILES string of the molecule is CCOC(=O)C1CCCCC1C(N)=O. The Hall–Kier alpha value is -1.06. The number of carbonyl (C=O) groups is 2. The third kappa shape index (κ3) is 2.47. The molecule has 0 aromatic rings. The van der Waals surface area contributed by atoms with Crippen molar-refractivity contribution in [1.82, 2.24) is 0 Å². The lowest BCUT2D eigenvalue weighted by Crippen LogP contribution is -2.37. The standard InChI is InChI=1S/C10H17NO3/c1-2-14-10(13)8-6-4-3-5-7(8)9(11)12/h7-8H,2-6H2,1H3,(H2,11,12). The molecule has 0 heterocycles. The van der Waals surface area contributed by atoms with Crippen LogP contribution in [0.5, 0.6) is 0 Å². The molecule has 0 bridgehead atoms. The second kappa shape index (κ2) is 4.98.